The van der Waals surface area contributed by atoms with Crippen molar-refractivity contribution in [2.24, 2.45) is 0 Å². The standard InChI is InChI=1S/C24H30BrClN2O3/c1-6-17(4)27-24(30)18(5)28(13-19-9-7-8-10-21(19)26)22(29)14-31-20-11-15(2)23(25)16(3)12-20/h7-12,17-18H,6,13-14H2,1-5H3,(H,27,30)/t17-,18+/m1/s1. The van der Waals surface area contributed by atoms with E-state index in [0.717, 1.165) is 27.6 Å². The molecule has 0 bridgehead atoms. The fourth-order valence-corrected chi connectivity index (χ4v) is 3.50. The van der Waals surface area contributed by atoms with E-state index in [1.807, 2.05) is 58.0 Å². The number of carbonyl (C=O) groups is 2. The second-order valence-electron chi connectivity index (χ2n) is 7.77. The average molecular weight is 510 g/mol. The highest BCUT2D eigenvalue weighted by Gasteiger charge is 2.27. The molecule has 2 aromatic rings. The summed E-state index contributed by atoms with van der Waals surface area (Å²) >= 11 is 9.85. The lowest BCUT2D eigenvalue weighted by Gasteiger charge is -2.30. The van der Waals surface area contributed by atoms with Crippen molar-refractivity contribution in [2.75, 3.05) is 6.61 Å². The molecule has 2 aromatic carbocycles. The number of aryl methyl sites for hydroxylation is 2. The zero-order chi connectivity index (χ0) is 23.1. The highest BCUT2D eigenvalue weighted by molar-refractivity contribution is 9.10. The minimum absolute atomic E-state index is 0.0252. The highest BCUT2D eigenvalue weighted by atomic mass is 79.9. The highest BCUT2D eigenvalue weighted by Crippen LogP contribution is 2.26. The molecule has 7 heteroatoms. The molecule has 2 amide bonds. The van der Waals surface area contributed by atoms with Gasteiger partial charge in [0.1, 0.15) is 11.8 Å². The van der Waals surface area contributed by atoms with Gasteiger partial charge in [0.2, 0.25) is 5.91 Å². The van der Waals surface area contributed by atoms with Gasteiger partial charge in [-0.15, -0.1) is 0 Å². The normalized spacial score (nSPS) is 12.7. The lowest BCUT2D eigenvalue weighted by molar-refractivity contribution is -0.142. The van der Waals surface area contributed by atoms with Crippen LogP contribution in [-0.2, 0) is 16.1 Å². The Bertz CT molecular complexity index is 912. The smallest absolute Gasteiger partial charge is 0.261 e. The molecule has 168 valence electrons. The van der Waals surface area contributed by atoms with Crippen molar-refractivity contribution >= 4 is 39.3 Å². The molecule has 5 nitrogen and oxygen atoms in total. The molecule has 0 aliphatic rings. The van der Waals surface area contributed by atoms with Crippen molar-refractivity contribution in [3.8, 4) is 5.75 Å². The van der Waals surface area contributed by atoms with Crippen LogP contribution in [0.3, 0.4) is 0 Å². The Morgan fingerprint density at radius 3 is 2.35 bits per heavy atom. The average Bonchev–Trinajstić information content (AvgIpc) is 2.74. The van der Waals surface area contributed by atoms with E-state index < -0.39 is 6.04 Å². The van der Waals surface area contributed by atoms with Gasteiger partial charge >= 0.3 is 0 Å². The Hall–Kier alpha value is -2.05. The van der Waals surface area contributed by atoms with Crippen LogP contribution < -0.4 is 10.1 Å². The van der Waals surface area contributed by atoms with Crippen molar-refractivity contribution in [2.45, 2.75) is 59.7 Å². The van der Waals surface area contributed by atoms with Crippen LogP contribution in [0.25, 0.3) is 0 Å². The Kier molecular flexibility index (Phi) is 9.38. The quantitative estimate of drug-likeness (QED) is 0.490. The Balaban J connectivity index is 2.21. The topological polar surface area (TPSA) is 58.6 Å². The molecule has 0 saturated carbocycles. The Morgan fingerprint density at radius 2 is 1.77 bits per heavy atom. The first-order chi connectivity index (χ1) is 14.6. The van der Waals surface area contributed by atoms with Gasteiger partial charge in [-0.1, -0.05) is 52.7 Å². The van der Waals surface area contributed by atoms with Crippen LogP contribution in [0, 0.1) is 13.8 Å². The number of nitrogens with one attached hydrogen (secondary N) is 1. The molecule has 0 fully saturated rings. The third kappa shape index (κ3) is 6.97. The summed E-state index contributed by atoms with van der Waals surface area (Å²) in [5.41, 5.74) is 2.82. The first kappa shape index (κ1) is 25.2. The summed E-state index contributed by atoms with van der Waals surface area (Å²) in [4.78, 5) is 27.4. The lowest BCUT2D eigenvalue weighted by atomic mass is 10.1. The van der Waals surface area contributed by atoms with Crippen LogP contribution in [0.1, 0.15) is 43.9 Å². The number of carbonyl (C=O) groups excluding carboxylic acids is 2. The van der Waals surface area contributed by atoms with Gasteiger partial charge in [-0.05, 0) is 69.0 Å². The summed E-state index contributed by atoms with van der Waals surface area (Å²) < 4.78 is 6.80. The maximum atomic E-state index is 13.1. The molecule has 2 atom stereocenters. The largest absolute Gasteiger partial charge is 0.484 e. The molecular weight excluding hydrogens is 480 g/mol. The summed E-state index contributed by atoms with van der Waals surface area (Å²) in [5.74, 6) is 0.121. The van der Waals surface area contributed by atoms with E-state index in [4.69, 9.17) is 16.3 Å². The number of ether oxygens (including phenoxy) is 1. The molecule has 0 radical (unpaired) electrons. The molecular formula is C24H30BrClN2O3. The number of hydrogen-bond acceptors (Lipinski definition) is 3. The van der Waals surface area contributed by atoms with Crippen LogP contribution in [0.5, 0.6) is 5.75 Å². The van der Waals surface area contributed by atoms with Gasteiger partial charge in [-0.25, -0.2) is 0 Å². The van der Waals surface area contributed by atoms with Crippen molar-refractivity contribution in [3.63, 3.8) is 0 Å². The van der Waals surface area contributed by atoms with Gasteiger partial charge < -0.3 is 15.0 Å². The van der Waals surface area contributed by atoms with Crippen molar-refractivity contribution in [3.05, 3.63) is 62.6 Å². The Morgan fingerprint density at radius 1 is 1.16 bits per heavy atom. The fourth-order valence-electron chi connectivity index (χ4n) is 3.08. The van der Waals surface area contributed by atoms with E-state index in [2.05, 4.69) is 21.2 Å². The van der Waals surface area contributed by atoms with Gasteiger partial charge in [-0.2, -0.15) is 0 Å². The SMILES string of the molecule is CC[C@@H](C)NC(=O)[C@H](C)N(Cc1ccccc1Cl)C(=O)COc1cc(C)c(Br)c(C)c1. The van der Waals surface area contributed by atoms with E-state index in [1.165, 1.54) is 4.90 Å². The minimum atomic E-state index is -0.672. The molecule has 0 aromatic heterocycles. The first-order valence-corrected chi connectivity index (χ1v) is 11.5. The van der Waals surface area contributed by atoms with Crippen LogP contribution in [0.4, 0.5) is 0 Å². The molecule has 0 heterocycles. The Labute approximate surface area is 198 Å². The molecule has 0 aliphatic heterocycles. The number of hydrogen-bond donors (Lipinski definition) is 1. The predicted octanol–water partition coefficient (Wildman–Crippen LogP) is 5.43. The van der Waals surface area contributed by atoms with Gasteiger partial charge in [-0.3, -0.25) is 9.59 Å². The molecule has 31 heavy (non-hydrogen) atoms. The maximum Gasteiger partial charge on any atom is 0.261 e. The number of halogens is 2. The minimum Gasteiger partial charge on any atom is -0.484 e. The predicted molar refractivity (Wildman–Crippen MR) is 128 cm³/mol. The third-order valence-electron chi connectivity index (χ3n) is 5.24. The summed E-state index contributed by atoms with van der Waals surface area (Å²) in [6, 6.07) is 10.4. The zero-order valence-corrected chi connectivity index (χ0v) is 21.0. The second-order valence-corrected chi connectivity index (χ2v) is 8.97. The van der Waals surface area contributed by atoms with E-state index in [1.54, 1.807) is 13.0 Å². The summed E-state index contributed by atoms with van der Waals surface area (Å²) in [6.07, 6.45) is 0.808. The molecule has 0 spiro atoms. The third-order valence-corrected chi connectivity index (χ3v) is 6.86. The fraction of sp³-hybridized carbons (Fsp3) is 0.417. The van der Waals surface area contributed by atoms with Crippen molar-refractivity contribution < 1.29 is 14.3 Å². The monoisotopic (exact) mass is 508 g/mol. The van der Waals surface area contributed by atoms with E-state index in [9.17, 15) is 9.59 Å². The number of nitrogens with zero attached hydrogens (tertiary/aromatic N) is 1. The van der Waals surface area contributed by atoms with E-state index in [0.29, 0.717) is 10.8 Å². The number of rotatable bonds is 9. The van der Waals surface area contributed by atoms with Gasteiger partial charge in [0, 0.05) is 22.1 Å². The van der Waals surface area contributed by atoms with Crippen molar-refractivity contribution in [1.29, 1.82) is 0 Å². The summed E-state index contributed by atoms with van der Waals surface area (Å²) in [7, 11) is 0. The van der Waals surface area contributed by atoms with Gasteiger partial charge in [0.05, 0.1) is 0 Å². The van der Waals surface area contributed by atoms with Crippen LogP contribution in [-0.4, -0.2) is 35.4 Å². The summed E-state index contributed by atoms with van der Waals surface area (Å²) in [6.45, 7) is 9.64. The number of amides is 2. The van der Waals surface area contributed by atoms with E-state index >= 15 is 0 Å². The van der Waals surface area contributed by atoms with Crippen molar-refractivity contribution in [1.82, 2.24) is 10.2 Å². The molecule has 0 aliphatic carbocycles. The lowest BCUT2D eigenvalue weighted by Crippen LogP contribution is -2.50. The van der Waals surface area contributed by atoms with E-state index in [-0.39, 0.29) is 31.0 Å². The van der Waals surface area contributed by atoms with Crippen LogP contribution in [0.15, 0.2) is 40.9 Å². The van der Waals surface area contributed by atoms with Gasteiger partial charge in [0.15, 0.2) is 6.61 Å². The molecule has 1 N–H and O–H groups in total. The second kappa shape index (κ2) is 11.5. The maximum absolute atomic E-state index is 13.1. The van der Waals surface area contributed by atoms with Gasteiger partial charge in [0.25, 0.3) is 5.91 Å². The molecule has 2 rings (SSSR count). The first-order valence-electron chi connectivity index (χ1n) is 10.4. The zero-order valence-electron chi connectivity index (χ0n) is 18.7. The summed E-state index contributed by atoms with van der Waals surface area (Å²) in [5, 5.41) is 3.50. The molecule has 0 unspecified atom stereocenters. The van der Waals surface area contributed by atoms with Crippen LogP contribution >= 0.6 is 27.5 Å². The number of benzene rings is 2. The molecule has 0 saturated heterocycles. The van der Waals surface area contributed by atoms with Crippen LogP contribution in [0.2, 0.25) is 5.02 Å².